The van der Waals surface area contributed by atoms with E-state index >= 15 is 0 Å². The van der Waals surface area contributed by atoms with E-state index in [1.165, 1.54) is 56.2 Å². The zero-order valence-electron chi connectivity index (χ0n) is 14.8. The summed E-state index contributed by atoms with van der Waals surface area (Å²) in [7, 11) is -4.39. The number of aryl methyl sites for hydroxylation is 1. The smallest absolute Gasteiger partial charge is 0.744 e. The molecule has 0 N–H and O–H groups in total. The van der Waals surface area contributed by atoms with E-state index < -0.39 is 10.1 Å². The van der Waals surface area contributed by atoms with Crippen LogP contribution in [0.3, 0.4) is 0 Å². The van der Waals surface area contributed by atoms with Crippen LogP contribution in [0.25, 0.3) is 10.8 Å². The molecule has 0 saturated heterocycles. The maximum Gasteiger partial charge on any atom is 1.00 e. The Bertz CT molecular complexity index is 741. The molecule has 0 atom stereocenters. The fourth-order valence-electron chi connectivity index (χ4n) is 2.97. The van der Waals surface area contributed by atoms with Crippen molar-refractivity contribution in [3.63, 3.8) is 0 Å². The van der Waals surface area contributed by atoms with Gasteiger partial charge in [0.15, 0.2) is 0 Å². The number of unbranched alkanes of at least 4 members (excludes halogenated alkanes) is 6. The van der Waals surface area contributed by atoms with Gasteiger partial charge in [-0.25, -0.2) is 8.42 Å². The van der Waals surface area contributed by atoms with Gasteiger partial charge in [-0.1, -0.05) is 69.7 Å². The molecule has 0 aromatic heterocycles. The third-order valence-electron chi connectivity index (χ3n) is 4.28. The average molecular weight is 373 g/mol. The number of fused-ring (bicyclic) bond motifs is 1. The van der Waals surface area contributed by atoms with Crippen LogP contribution in [0.4, 0.5) is 0 Å². The molecule has 0 spiro atoms. The second-order valence-electron chi connectivity index (χ2n) is 6.13. The van der Waals surface area contributed by atoms with Crippen molar-refractivity contribution in [1.29, 1.82) is 0 Å². The zero-order valence-corrected chi connectivity index (χ0v) is 18.7. The van der Waals surface area contributed by atoms with Gasteiger partial charge in [-0.3, -0.25) is 0 Å². The predicted octanol–water partition coefficient (Wildman–Crippen LogP) is 2.04. The van der Waals surface area contributed by atoms with Crippen molar-refractivity contribution >= 4 is 20.9 Å². The van der Waals surface area contributed by atoms with Gasteiger partial charge in [0.05, 0.1) is 4.90 Å². The first-order valence-corrected chi connectivity index (χ1v) is 9.91. The Labute approximate surface area is 188 Å². The Balaban J connectivity index is 0.00000288. The number of hydrogen-bond donors (Lipinski definition) is 0. The second-order valence-corrected chi connectivity index (χ2v) is 7.51. The summed E-state index contributed by atoms with van der Waals surface area (Å²) in [6.45, 7) is 2.23. The molecule has 5 heteroatoms. The molecular formula is C19H25KO3S. The molecule has 0 aliphatic carbocycles. The van der Waals surface area contributed by atoms with Crippen LogP contribution in [0, 0.1) is 0 Å². The third-order valence-corrected chi connectivity index (χ3v) is 5.11. The van der Waals surface area contributed by atoms with Gasteiger partial charge >= 0.3 is 51.4 Å². The van der Waals surface area contributed by atoms with Gasteiger partial charge in [0.1, 0.15) is 10.1 Å². The summed E-state index contributed by atoms with van der Waals surface area (Å²) in [5.74, 6) is 0. The Kier molecular flexibility index (Phi) is 10.3. The van der Waals surface area contributed by atoms with Crippen molar-refractivity contribution < 1.29 is 64.4 Å². The standard InChI is InChI=1S/C19H26O3S.K/c1-2-3-4-5-6-7-8-10-16-11-9-12-17-15-18(23(20,21)22)13-14-19(16)17;/h9,11-15H,2-8,10H2,1H3,(H,20,21,22);/q;+1/p-1. The van der Waals surface area contributed by atoms with Gasteiger partial charge in [0.25, 0.3) is 0 Å². The van der Waals surface area contributed by atoms with Gasteiger partial charge in [0.2, 0.25) is 0 Å². The van der Waals surface area contributed by atoms with E-state index in [4.69, 9.17) is 0 Å². The second kappa shape index (κ2) is 11.1. The molecule has 0 aliphatic heterocycles. The van der Waals surface area contributed by atoms with E-state index in [0.29, 0.717) is 0 Å². The van der Waals surface area contributed by atoms with Crippen LogP contribution >= 0.6 is 0 Å². The van der Waals surface area contributed by atoms with Crippen LogP contribution in [0.5, 0.6) is 0 Å². The van der Waals surface area contributed by atoms with Crippen LogP contribution in [0.2, 0.25) is 0 Å². The monoisotopic (exact) mass is 372 g/mol. The van der Waals surface area contributed by atoms with Crippen LogP contribution in [0.15, 0.2) is 41.3 Å². The third kappa shape index (κ3) is 6.87. The summed E-state index contributed by atoms with van der Waals surface area (Å²) in [6.07, 6.45) is 9.90. The zero-order chi connectivity index (χ0) is 16.7. The summed E-state index contributed by atoms with van der Waals surface area (Å²) in [6, 6.07) is 10.5. The van der Waals surface area contributed by atoms with Crippen molar-refractivity contribution in [3.05, 3.63) is 42.0 Å². The molecule has 0 heterocycles. The molecule has 126 valence electrons. The van der Waals surface area contributed by atoms with Crippen molar-refractivity contribution in [2.24, 2.45) is 0 Å². The number of hydrogen-bond acceptors (Lipinski definition) is 3. The van der Waals surface area contributed by atoms with Crippen LogP contribution in [-0.2, 0) is 16.5 Å². The predicted molar refractivity (Wildman–Crippen MR) is 93.6 cm³/mol. The Morgan fingerprint density at radius 2 is 1.58 bits per heavy atom. The Morgan fingerprint density at radius 1 is 0.917 bits per heavy atom. The van der Waals surface area contributed by atoms with Crippen LogP contribution < -0.4 is 51.4 Å². The van der Waals surface area contributed by atoms with Crippen molar-refractivity contribution in [1.82, 2.24) is 0 Å². The Hall–Kier alpha value is 0.246. The molecular weight excluding hydrogens is 347 g/mol. The van der Waals surface area contributed by atoms with Gasteiger partial charge in [0, 0.05) is 0 Å². The molecule has 0 saturated carbocycles. The molecule has 0 amide bonds. The quantitative estimate of drug-likeness (QED) is 0.384. The van der Waals surface area contributed by atoms with Crippen LogP contribution in [-0.4, -0.2) is 13.0 Å². The number of benzene rings is 2. The molecule has 2 aromatic carbocycles. The van der Waals surface area contributed by atoms with Crippen molar-refractivity contribution in [2.75, 3.05) is 0 Å². The molecule has 0 unspecified atom stereocenters. The summed E-state index contributed by atoms with van der Waals surface area (Å²) < 4.78 is 33.4. The van der Waals surface area contributed by atoms with Crippen molar-refractivity contribution in [2.45, 2.75) is 63.2 Å². The van der Waals surface area contributed by atoms with E-state index in [-0.39, 0.29) is 56.3 Å². The minimum atomic E-state index is -4.39. The minimum Gasteiger partial charge on any atom is -0.744 e. The normalized spacial score (nSPS) is 11.4. The molecule has 3 nitrogen and oxygen atoms in total. The molecule has 2 rings (SSSR count). The van der Waals surface area contributed by atoms with E-state index in [2.05, 4.69) is 13.0 Å². The van der Waals surface area contributed by atoms with E-state index in [1.54, 1.807) is 6.07 Å². The first kappa shape index (κ1) is 22.3. The number of rotatable bonds is 9. The summed E-state index contributed by atoms with van der Waals surface area (Å²) in [5, 5.41) is 1.87. The molecule has 2 aromatic rings. The van der Waals surface area contributed by atoms with Gasteiger partial charge < -0.3 is 4.55 Å². The SMILES string of the molecule is CCCCCCCCCc1cccc2cc(S(=O)(=O)[O-])ccc12.[K+]. The van der Waals surface area contributed by atoms with E-state index in [0.717, 1.165) is 23.6 Å². The molecule has 0 aliphatic rings. The first-order chi connectivity index (χ1) is 11.0. The van der Waals surface area contributed by atoms with Crippen molar-refractivity contribution in [3.8, 4) is 0 Å². The fraction of sp³-hybridized carbons (Fsp3) is 0.474. The summed E-state index contributed by atoms with van der Waals surface area (Å²) >= 11 is 0. The van der Waals surface area contributed by atoms with Gasteiger partial charge in [-0.2, -0.15) is 0 Å². The summed E-state index contributed by atoms with van der Waals surface area (Å²) in [5.41, 5.74) is 1.23. The average Bonchev–Trinajstić information content (AvgIpc) is 2.52. The minimum absolute atomic E-state index is 0. The molecule has 0 radical (unpaired) electrons. The maximum atomic E-state index is 11.1. The Morgan fingerprint density at radius 3 is 2.25 bits per heavy atom. The first-order valence-electron chi connectivity index (χ1n) is 8.50. The topological polar surface area (TPSA) is 57.2 Å². The fourth-order valence-corrected chi connectivity index (χ4v) is 3.48. The van der Waals surface area contributed by atoms with Crippen LogP contribution in [0.1, 0.15) is 57.4 Å². The summed E-state index contributed by atoms with van der Waals surface area (Å²) in [4.78, 5) is -0.155. The largest absolute Gasteiger partial charge is 1.00 e. The molecule has 0 bridgehead atoms. The van der Waals surface area contributed by atoms with E-state index in [1.807, 2.05) is 12.1 Å². The molecule has 24 heavy (non-hydrogen) atoms. The van der Waals surface area contributed by atoms with E-state index in [9.17, 15) is 13.0 Å². The van der Waals surface area contributed by atoms with Gasteiger partial charge in [-0.05, 0) is 41.3 Å². The maximum absolute atomic E-state index is 11.1. The van der Waals surface area contributed by atoms with Gasteiger partial charge in [-0.15, -0.1) is 0 Å². The molecule has 0 fully saturated rings.